The number of methoxy groups -OCH3 is 1. The van der Waals surface area contributed by atoms with Crippen molar-refractivity contribution < 1.29 is 29.7 Å². The molecule has 1 aliphatic heterocycles. The number of nitro benzene ring substituents is 1. The lowest BCUT2D eigenvalue weighted by atomic mass is 10.1. The Morgan fingerprint density at radius 1 is 1.29 bits per heavy atom. The van der Waals surface area contributed by atoms with E-state index in [9.17, 15) is 25.4 Å². The number of nitro groups is 1. The van der Waals surface area contributed by atoms with Crippen LogP contribution in [-0.4, -0.2) is 71.8 Å². The second-order valence-electron chi connectivity index (χ2n) is 6.77. The minimum atomic E-state index is -1.27. The highest BCUT2D eigenvalue weighted by molar-refractivity contribution is 7.98. The molecule has 0 spiro atoms. The highest BCUT2D eigenvalue weighted by atomic mass is 32.2. The Hall–Kier alpha value is -2.84. The minimum Gasteiger partial charge on any atom is -0.496 e. The fourth-order valence-corrected chi connectivity index (χ4v) is 4.29. The summed E-state index contributed by atoms with van der Waals surface area (Å²) in [5, 5.41) is 41.2. The zero-order chi connectivity index (χ0) is 22.1. The third-order valence-corrected chi connectivity index (χ3v) is 5.98. The van der Waals surface area contributed by atoms with Crippen LogP contribution in [-0.2, 0) is 10.5 Å². The number of hydrogen-bond donors (Lipinski definition) is 3. The van der Waals surface area contributed by atoms with E-state index in [-0.39, 0.29) is 5.69 Å². The molecule has 31 heavy (non-hydrogen) atoms. The van der Waals surface area contributed by atoms with Crippen LogP contribution in [0.5, 0.6) is 5.75 Å². The molecule has 3 heterocycles. The second-order valence-corrected chi connectivity index (χ2v) is 7.74. The van der Waals surface area contributed by atoms with Crippen LogP contribution >= 0.6 is 11.8 Å². The molecule has 4 rings (SSSR count). The Morgan fingerprint density at radius 3 is 2.77 bits per heavy atom. The summed E-state index contributed by atoms with van der Waals surface area (Å²) in [6.07, 6.45) is -1.66. The number of imidazole rings is 1. The monoisotopic (exact) mass is 449 g/mol. The number of aromatic nitrogens is 4. The van der Waals surface area contributed by atoms with Crippen molar-refractivity contribution in [3.8, 4) is 5.75 Å². The van der Waals surface area contributed by atoms with Crippen LogP contribution in [0, 0.1) is 10.1 Å². The quantitative estimate of drug-likeness (QED) is 0.200. The van der Waals surface area contributed by atoms with Gasteiger partial charge in [0, 0.05) is 23.4 Å². The first-order chi connectivity index (χ1) is 14.9. The summed E-state index contributed by atoms with van der Waals surface area (Å²) in [7, 11) is 1.49. The summed E-state index contributed by atoms with van der Waals surface area (Å²) in [6.45, 7) is -0.442. The van der Waals surface area contributed by atoms with Crippen molar-refractivity contribution in [3.05, 3.63) is 46.5 Å². The molecule has 1 aliphatic rings. The maximum Gasteiger partial charge on any atom is 0.270 e. The van der Waals surface area contributed by atoms with E-state index in [4.69, 9.17) is 9.47 Å². The second kappa shape index (κ2) is 8.72. The predicted molar refractivity (Wildman–Crippen MR) is 108 cm³/mol. The van der Waals surface area contributed by atoms with Crippen LogP contribution in [0.4, 0.5) is 5.69 Å². The Labute approximate surface area is 179 Å². The van der Waals surface area contributed by atoms with Gasteiger partial charge in [-0.2, -0.15) is 0 Å². The van der Waals surface area contributed by atoms with E-state index < -0.39 is 36.1 Å². The van der Waals surface area contributed by atoms with E-state index in [1.165, 1.54) is 48.2 Å². The zero-order valence-corrected chi connectivity index (χ0v) is 17.0. The van der Waals surface area contributed by atoms with Gasteiger partial charge in [0.1, 0.15) is 40.9 Å². The lowest BCUT2D eigenvalue weighted by Crippen LogP contribution is -2.33. The third-order valence-electron chi connectivity index (χ3n) is 4.96. The molecular formula is C18H19N5O7S. The van der Waals surface area contributed by atoms with Gasteiger partial charge in [0.15, 0.2) is 11.9 Å². The SMILES string of the molecule is COc1ccc([N+](=O)[O-])cc1CSc1ncnc2c1ncn2[C@@H]1O[C@H](CO)[C@@H](O)[C@H]1O. The smallest absolute Gasteiger partial charge is 0.270 e. The molecule has 0 unspecified atom stereocenters. The van der Waals surface area contributed by atoms with E-state index in [0.717, 1.165) is 0 Å². The van der Waals surface area contributed by atoms with Gasteiger partial charge in [0.2, 0.25) is 0 Å². The van der Waals surface area contributed by atoms with E-state index in [1.54, 1.807) is 6.07 Å². The van der Waals surface area contributed by atoms with Gasteiger partial charge in [-0.05, 0) is 6.07 Å². The molecule has 2 aromatic heterocycles. The van der Waals surface area contributed by atoms with E-state index >= 15 is 0 Å². The molecule has 12 nitrogen and oxygen atoms in total. The molecule has 0 saturated carbocycles. The fourth-order valence-electron chi connectivity index (χ4n) is 3.37. The molecule has 0 radical (unpaired) electrons. The number of benzene rings is 1. The lowest BCUT2D eigenvalue weighted by molar-refractivity contribution is -0.384. The normalized spacial score (nSPS) is 23.4. The number of rotatable bonds is 7. The van der Waals surface area contributed by atoms with Crippen LogP contribution in [0.2, 0.25) is 0 Å². The molecule has 4 atom stereocenters. The number of ether oxygens (including phenoxy) is 2. The molecule has 3 N–H and O–H groups in total. The summed E-state index contributed by atoms with van der Waals surface area (Å²) in [5.41, 5.74) is 1.39. The molecule has 3 aromatic rings. The van der Waals surface area contributed by atoms with Gasteiger partial charge in [-0.1, -0.05) is 11.8 Å². The molecule has 0 aliphatic carbocycles. The van der Waals surface area contributed by atoms with Gasteiger partial charge in [-0.3, -0.25) is 14.7 Å². The van der Waals surface area contributed by atoms with Gasteiger partial charge >= 0.3 is 0 Å². The van der Waals surface area contributed by atoms with Crippen molar-refractivity contribution in [2.24, 2.45) is 0 Å². The first kappa shape index (κ1) is 21.4. The molecule has 164 valence electrons. The van der Waals surface area contributed by atoms with E-state index in [2.05, 4.69) is 15.0 Å². The third kappa shape index (κ3) is 3.93. The van der Waals surface area contributed by atoms with Crippen molar-refractivity contribution in [2.75, 3.05) is 13.7 Å². The van der Waals surface area contributed by atoms with Crippen molar-refractivity contribution in [1.29, 1.82) is 0 Å². The standard InChI is InChI=1S/C18H19N5O7S/c1-29-11-3-2-10(23(27)28)4-9(11)6-31-17-13-16(19-7-20-17)22(8-21-13)18-15(26)14(25)12(5-24)30-18/h2-4,7-8,12,14-15,18,24-26H,5-6H2,1H3/t12-,14-,15-,18-/m1/s1. The van der Waals surface area contributed by atoms with Crippen LogP contribution in [0.15, 0.2) is 35.9 Å². The number of nitrogens with zero attached hydrogens (tertiary/aromatic N) is 5. The number of fused-ring (bicyclic) bond motifs is 1. The average Bonchev–Trinajstić information content (AvgIpc) is 3.33. The summed E-state index contributed by atoms with van der Waals surface area (Å²) < 4.78 is 12.3. The molecule has 0 bridgehead atoms. The summed E-state index contributed by atoms with van der Waals surface area (Å²) in [4.78, 5) is 23.4. The molecular weight excluding hydrogens is 430 g/mol. The molecule has 0 amide bonds. The highest BCUT2D eigenvalue weighted by Gasteiger charge is 2.44. The molecule has 13 heteroatoms. The van der Waals surface area contributed by atoms with Gasteiger partial charge in [0.25, 0.3) is 5.69 Å². The number of hydrogen-bond acceptors (Lipinski definition) is 11. The average molecular weight is 449 g/mol. The van der Waals surface area contributed by atoms with Crippen molar-refractivity contribution in [3.63, 3.8) is 0 Å². The Kier molecular flexibility index (Phi) is 6.02. The molecule has 1 saturated heterocycles. The molecule has 1 fully saturated rings. The summed E-state index contributed by atoms with van der Waals surface area (Å²) >= 11 is 1.29. The molecule has 1 aromatic carbocycles. The Balaban J connectivity index is 1.61. The van der Waals surface area contributed by atoms with Gasteiger partial charge < -0.3 is 24.8 Å². The summed E-state index contributed by atoms with van der Waals surface area (Å²) in [6, 6.07) is 4.36. The number of non-ortho nitro benzene ring substituents is 1. The topological polar surface area (TPSA) is 166 Å². The first-order valence-corrected chi connectivity index (χ1v) is 10.2. The fraction of sp³-hybridized carbons (Fsp3) is 0.389. The van der Waals surface area contributed by atoms with Crippen LogP contribution < -0.4 is 4.74 Å². The highest BCUT2D eigenvalue weighted by Crippen LogP contribution is 2.35. The predicted octanol–water partition coefficient (Wildman–Crippen LogP) is 0.647. The van der Waals surface area contributed by atoms with Gasteiger partial charge in [-0.15, -0.1) is 0 Å². The summed E-state index contributed by atoms with van der Waals surface area (Å²) in [5.74, 6) is 0.845. The number of thioether (sulfide) groups is 1. The maximum absolute atomic E-state index is 11.1. The Morgan fingerprint density at radius 2 is 2.10 bits per heavy atom. The van der Waals surface area contributed by atoms with E-state index in [0.29, 0.717) is 33.3 Å². The van der Waals surface area contributed by atoms with Crippen molar-refractivity contribution >= 4 is 28.6 Å². The van der Waals surface area contributed by atoms with E-state index in [1.807, 2.05) is 0 Å². The van der Waals surface area contributed by atoms with Gasteiger partial charge in [-0.25, -0.2) is 15.0 Å². The maximum atomic E-state index is 11.1. The Bertz CT molecular complexity index is 1110. The van der Waals surface area contributed by atoms with Crippen LogP contribution in [0.1, 0.15) is 11.8 Å². The van der Waals surface area contributed by atoms with Crippen molar-refractivity contribution in [1.82, 2.24) is 19.5 Å². The first-order valence-electron chi connectivity index (χ1n) is 9.18. The van der Waals surface area contributed by atoms with Crippen LogP contribution in [0.25, 0.3) is 11.2 Å². The van der Waals surface area contributed by atoms with Crippen molar-refractivity contribution in [2.45, 2.75) is 35.3 Å². The zero-order valence-electron chi connectivity index (χ0n) is 16.2. The number of aliphatic hydroxyl groups excluding tert-OH is 3. The van der Waals surface area contributed by atoms with Crippen LogP contribution in [0.3, 0.4) is 0 Å². The largest absolute Gasteiger partial charge is 0.496 e. The number of aliphatic hydroxyl groups is 3. The van der Waals surface area contributed by atoms with Gasteiger partial charge in [0.05, 0.1) is 25.0 Å². The minimum absolute atomic E-state index is 0.0436. The lowest BCUT2D eigenvalue weighted by Gasteiger charge is -2.16.